The first-order chi connectivity index (χ1) is 17.0. The molecule has 0 saturated heterocycles. The van der Waals surface area contributed by atoms with Crippen molar-refractivity contribution in [2.45, 2.75) is 39.9 Å². The van der Waals surface area contributed by atoms with Crippen LogP contribution in [0.1, 0.15) is 16.7 Å². The fraction of sp³-hybridized carbons (Fsp3) is 0.167. The van der Waals surface area contributed by atoms with E-state index in [1.165, 1.54) is 30.7 Å². The van der Waals surface area contributed by atoms with Crippen molar-refractivity contribution in [3.63, 3.8) is 0 Å². The molecule has 0 aromatic heterocycles. The molecule has 0 N–H and O–H groups in total. The molecule has 4 aromatic carbocycles. The normalized spacial score (nSPS) is 11.5. The molecule has 0 bridgehead atoms. The van der Waals surface area contributed by atoms with Gasteiger partial charge in [-0.05, 0) is 65.9 Å². The van der Waals surface area contributed by atoms with Crippen molar-refractivity contribution >= 4 is 29.5 Å². The molecule has 178 valence electrons. The molecular weight excluding hydrogens is 475 g/mol. The zero-order valence-electron chi connectivity index (χ0n) is 19.8. The Morgan fingerprint density at radius 3 is 1.80 bits per heavy atom. The summed E-state index contributed by atoms with van der Waals surface area (Å²) >= 11 is 3.77. The third-order valence-electron chi connectivity index (χ3n) is 5.39. The van der Waals surface area contributed by atoms with Crippen LogP contribution in [0.2, 0.25) is 0 Å². The Hall–Kier alpha value is -3.02. The fourth-order valence-corrected chi connectivity index (χ4v) is 6.00. The number of hydrogen-bond donors (Lipinski definition) is 0. The van der Waals surface area contributed by atoms with Crippen LogP contribution in [0.15, 0.2) is 111 Å². The lowest BCUT2D eigenvalue weighted by Gasteiger charge is -2.18. The highest BCUT2D eigenvalue weighted by Gasteiger charge is 2.16. The van der Waals surface area contributed by atoms with Gasteiger partial charge in [-0.2, -0.15) is 0 Å². The summed E-state index contributed by atoms with van der Waals surface area (Å²) in [5.41, 5.74) is 5.77. The lowest BCUT2D eigenvalue weighted by molar-refractivity contribution is -0.143. The van der Waals surface area contributed by atoms with Crippen LogP contribution in [0.25, 0.3) is 11.1 Å². The van der Waals surface area contributed by atoms with E-state index in [-0.39, 0.29) is 13.0 Å². The van der Waals surface area contributed by atoms with Crippen LogP contribution in [0.4, 0.5) is 4.39 Å². The predicted octanol–water partition coefficient (Wildman–Crippen LogP) is 8.33. The molecule has 0 radical (unpaired) electrons. The maximum absolute atomic E-state index is 11.9. The van der Waals surface area contributed by atoms with E-state index in [9.17, 15) is 9.18 Å². The summed E-state index contributed by atoms with van der Waals surface area (Å²) in [5.74, 6) is -0.398. The Morgan fingerprint density at radius 2 is 1.26 bits per heavy atom. The number of halogens is 1. The average molecular weight is 503 g/mol. The minimum Gasteiger partial charge on any atom is -0.463 e. The molecule has 5 heteroatoms. The maximum atomic E-state index is 11.9. The first-order valence-corrected chi connectivity index (χ1v) is 13.1. The zero-order chi connectivity index (χ0) is 24.6. The maximum Gasteiger partial charge on any atom is 0.310 e. The van der Waals surface area contributed by atoms with E-state index in [4.69, 9.17) is 4.74 Å². The molecule has 1 aliphatic rings. The smallest absolute Gasteiger partial charge is 0.310 e. The number of hydrogen-bond acceptors (Lipinski definition) is 4. The lowest BCUT2D eigenvalue weighted by Crippen LogP contribution is -2.09. The molecule has 0 atom stereocenters. The van der Waals surface area contributed by atoms with E-state index in [0.717, 1.165) is 16.7 Å². The Morgan fingerprint density at radius 1 is 0.714 bits per heavy atom. The van der Waals surface area contributed by atoms with Gasteiger partial charge in [0.2, 0.25) is 0 Å². The van der Waals surface area contributed by atoms with Gasteiger partial charge < -0.3 is 4.74 Å². The van der Waals surface area contributed by atoms with Crippen molar-refractivity contribution < 1.29 is 13.9 Å². The van der Waals surface area contributed by atoms with E-state index in [0.29, 0.717) is 0 Å². The van der Waals surface area contributed by atoms with Gasteiger partial charge in [0, 0.05) is 19.6 Å². The van der Waals surface area contributed by atoms with Crippen molar-refractivity contribution in [2.24, 2.45) is 0 Å². The van der Waals surface area contributed by atoms with Crippen molar-refractivity contribution in [2.75, 3.05) is 13.3 Å². The van der Waals surface area contributed by atoms with Gasteiger partial charge in [-0.15, -0.1) is 0 Å². The lowest BCUT2D eigenvalue weighted by atomic mass is 10.0. The third kappa shape index (κ3) is 7.00. The molecule has 35 heavy (non-hydrogen) atoms. The summed E-state index contributed by atoms with van der Waals surface area (Å²) in [6, 6.07) is 31.1. The number of esters is 1. The zero-order valence-corrected chi connectivity index (χ0v) is 21.4. The highest BCUT2D eigenvalue weighted by atomic mass is 32.2. The number of carbonyl (C=O) groups excluding carboxylic acids is 1. The SMILES string of the molecule is Cc1ccc2c(c1)Sc1ccc(C)cc1S2.O=C(Cc1ccc(-c2ccccc2)cc1)OCCF. The molecule has 1 heterocycles. The highest BCUT2D eigenvalue weighted by molar-refractivity contribution is 8.05. The second kappa shape index (κ2) is 12.1. The second-order valence-corrected chi connectivity index (χ2v) is 10.4. The van der Waals surface area contributed by atoms with E-state index in [2.05, 4.69) is 50.2 Å². The average Bonchev–Trinajstić information content (AvgIpc) is 2.88. The Balaban J connectivity index is 0.000000167. The molecule has 0 amide bonds. The molecule has 0 aliphatic carbocycles. The summed E-state index contributed by atoms with van der Waals surface area (Å²) in [4.78, 5) is 16.9. The van der Waals surface area contributed by atoms with Crippen LogP contribution in [0.5, 0.6) is 0 Å². The van der Waals surface area contributed by atoms with Crippen LogP contribution < -0.4 is 0 Å². The first kappa shape index (κ1) is 25.1. The predicted molar refractivity (Wildman–Crippen MR) is 143 cm³/mol. The number of carbonyl (C=O) groups is 1. The highest BCUT2D eigenvalue weighted by Crippen LogP contribution is 2.48. The molecule has 1 aliphatic heterocycles. The van der Waals surface area contributed by atoms with E-state index < -0.39 is 12.6 Å². The van der Waals surface area contributed by atoms with Gasteiger partial charge >= 0.3 is 5.97 Å². The molecule has 4 aromatic rings. The Bertz CT molecular complexity index is 1240. The van der Waals surface area contributed by atoms with Gasteiger partial charge in [0.1, 0.15) is 13.3 Å². The fourth-order valence-electron chi connectivity index (χ4n) is 3.61. The van der Waals surface area contributed by atoms with Crippen LogP contribution >= 0.6 is 23.5 Å². The number of ether oxygens (including phenoxy) is 1. The van der Waals surface area contributed by atoms with Crippen LogP contribution in [-0.4, -0.2) is 19.3 Å². The summed E-state index contributed by atoms with van der Waals surface area (Å²) < 4.78 is 16.6. The number of benzene rings is 4. The van der Waals surface area contributed by atoms with E-state index >= 15 is 0 Å². The van der Waals surface area contributed by atoms with Crippen molar-refractivity contribution in [1.29, 1.82) is 0 Å². The molecule has 0 fully saturated rings. The van der Waals surface area contributed by atoms with Gasteiger partial charge in [0.15, 0.2) is 0 Å². The van der Waals surface area contributed by atoms with Gasteiger partial charge in [-0.3, -0.25) is 4.79 Å². The second-order valence-electron chi connectivity index (χ2n) is 8.25. The minimum atomic E-state index is -0.640. The number of rotatable bonds is 5. The largest absolute Gasteiger partial charge is 0.463 e. The van der Waals surface area contributed by atoms with Gasteiger partial charge in [-0.1, -0.05) is 90.3 Å². The van der Waals surface area contributed by atoms with Crippen LogP contribution in [0, 0.1) is 13.8 Å². The topological polar surface area (TPSA) is 26.3 Å². The van der Waals surface area contributed by atoms with Crippen molar-refractivity contribution in [3.8, 4) is 11.1 Å². The molecule has 0 saturated carbocycles. The standard InChI is InChI=1S/C16H15FO2.C14H12S2/c17-10-11-19-16(18)12-13-6-8-15(9-7-13)14-4-2-1-3-5-14;1-9-3-5-11-13(7-9)15-12-6-4-10(2)8-14(12)16-11/h1-9H,10-12H2;3-8H,1-2H3. The summed E-state index contributed by atoms with van der Waals surface area (Å²) in [6.07, 6.45) is 0.176. The number of alkyl halides is 1. The van der Waals surface area contributed by atoms with Crippen molar-refractivity contribution in [3.05, 3.63) is 108 Å². The number of fused-ring (bicyclic) bond motifs is 2. The van der Waals surface area contributed by atoms with Gasteiger partial charge in [0.05, 0.1) is 6.42 Å². The molecule has 5 rings (SSSR count). The molecule has 0 spiro atoms. The van der Waals surface area contributed by atoms with Gasteiger partial charge in [0.25, 0.3) is 0 Å². The Labute approximate surface area is 214 Å². The van der Waals surface area contributed by atoms with Crippen molar-refractivity contribution in [1.82, 2.24) is 0 Å². The van der Waals surface area contributed by atoms with E-state index in [1.54, 1.807) is 0 Å². The summed E-state index contributed by atoms with van der Waals surface area (Å²) in [7, 11) is 0. The molecule has 2 nitrogen and oxygen atoms in total. The summed E-state index contributed by atoms with van der Waals surface area (Å²) in [6.45, 7) is 3.49. The van der Waals surface area contributed by atoms with Crippen LogP contribution in [0.3, 0.4) is 0 Å². The number of aryl methyl sites for hydroxylation is 2. The summed E-state index contributed by atoms with van der Waals surface area (Å²) in [5, 5.41) is 0. The molecule has 0 unspecified atom stereocenters. The van der Waals surface area contributed by atoms with E-state index in [1.807, 2.05) is 78.1 Å². The first-order valence-electron chi connectivity index (χ1n) is 11.4. The monoisotopic (exact) mass is 502 g/mol. The Kier molecular flexibility index (Phi) is 8.67. The van der Waals surface area contributed by atoms with Crippen LogP contribution in [-0.2, 0) is 16.0 Å². The quantitative estimate of drug-likeness (QED) is 0.226. The molecular formula is C30H27FO2S2. The third-order valence-corrected chi connectivity index (χ3v) is 7.91. The van der Waals surface area contributed by atoms with Gasteiger partial charge in [-0.25, -0.2) is 4.39 Å². The minimum absolute atomic E-state index is 0.166.